The van der Waals surface area contributed by atoms with Crippen LogP contribution in [-0.4, -0.2) is 19.0 Å². The Morgan fingerprint density at radius 2 is 1.78 bits per heavy atom. The summed E-state index contributed by atoms with van der Waals surface area (Å²) < 4.78 is 5.67. The smallest absolute Gasteiger partial charge is 0.136 e. The summed E-state index contributed by atoms with van der Waals surface area (Å²) in [6.07, 6.45) is 12.9. The van der Waals surface area contributed by atoms with E-state index in [1.807, 2.05) is 7.11 Å². The maximum atomic E-state index is 12.9. The van der Waals surface area contributed by atoms with Crippen LogP contribution < -0.4 is 0 Å². The molecule has 0 N–H and O–H groups in total. The van der Waals surface area contributed by atoms with Crippen molar-refractivity contribution in [1.82, 2.24) is 0 Å². The number of fused-ring (bicyclic) bond motifs is 5. The van der Waals surface area contributed by atoms with Crippen molar-refractivity contribution in [2.75, 3.05) is 7.11 Å². The molecule has 0 amide bonds. The molecule has 0 bridgehead atoms. The van der Waals surface area contributed by atoms with Crippen molar-refractivity contribution >= 4 is 5.78 Å². The van der Waals surface area contributed by atoms with Gasteiger partial charge in [-0.2, -0.15) is 0 Å². The Hall–Kier alpha value is -0.370. The molecule has 7 atom stereocenters. The van der Waals surface area contributed by atoms with Gasteiger partial charge in [-0.25, -0.2) is 0 Å². The number of Topliss-reactive ketones (excluding diaryl/α,β-unsaturated/α-hetero) is 1. The first-order valence-corrected chi connectivity index (χ1v) is 10.0. The fourth-order valence-electron chi connectivity index (χ4n) is 7.45. The van der Waals surface area contributed by atoms with E-state index in [0.717, 1.165) is 24.7 Å². The van der Waals surface area contributed by atoms with Crippen LogP contribution in [0.1, 0.15) is 78.1 Å². The summed E-state index contributed by atoms with van der Waals surface area (Å²) in [5.41, 5.74) is 0.731. The second-order valence-corrected chi connectivity index (χ2v) is 9.68. The second-order valence-electron chi connectivity index (χ2n) is 9.68. The van der Waals surface area contributed by atoms with Gasteiger partial charge in [0.1, 0.15) is 5.78 Å². The van der Waals surface area contributed by atoms with Gasteiger partial charge < -0.3 is 4.74 Å². The highest BCUT2D eigenvalue weighted by atomic mass is 16.5. The third kappa shape index (κ3) is 2.34. The Labute approximate surface area is 141 Å². The van der Waals surface area contributed by atoms with E-state index in [4.69, 9.17) is 4.74 Å². The van der Waals surface area contributed by atoms with Gasteiger partial charge in [0.2, 0.25) is 0 Å². The first-order valence-electron chi connectivity index (χ1n) is 10.0. The van der Waals surface area contributed by atoms with E-state index in [2.05, 4.69) is 13.8 Å². The topological polar surface area (TPSA) is 26.3 Å². The highest BCUT2D eigenvalue weighted by Gasteiger charge is 2.60. The lowest BCUT2D eigenvalue weighted by Crippen LogP contribution is -2.58. The molecular formula is C21H34O2. The summed E-state index contributed by atoms with van der Waals surface area (Å²) in [7, 11) is 1.88. The van der Waals surface area contributed by atoms with Crippen LogP contribution in [-0.2, 0) is 9.53 Å². The van der Waals surface area contributed by atoms with Crippen LogP contribution in [0, 0.1) is 34.5 Å². The number of carbonyl (C=O) groups excluding carboxylic acids is 1. The molecule has 2 nitrogen and oxygen atoms in total. The lowest BCUT2D eigenvalue weighted by Gasteiger charge is -2.63. The molecule has 4 saturated carbocycles. The molecule has 4 aliphatic rings. The third-order valence-electron chi connectivity index (χ3n) is 8.72. The average molecular weight is 319 g/mol. The number of rotatable bonds is 1. The summed E-state index contributed by atoms with van der Waals surface area (Å²) in [5, 5.41) is 0. The highest BCUT2D eigenvalue weighted by molar-refractivity contribution is 5.83. The maximum Gasteiger partial charge on any atom is 0.136 e. The predicted octanol–water partition coefficient (Wildman–Crippen LogP) is 5.00. The molecule has 4 fully saturated rings. The molecule has 0 unspecified atom stereocenters. The van der Waals surface area contributed by atoms with Gasteiger partial charge in [0.05, 0.1) is 6.10 Å². The Balaban J connectivity index is 1.63. The fourth-order valence-corrected chi connectivity index (χ4v) is 7.45. The molecule has 0 aromatic rings. The SMILES string of the molecule is CO[C@@H]1CC[C@@H]2[C@H](CC[C@@H]3[C@H]4C(=O)CCC[C@@]4(C)CC[C@@]23C)C1. The quantitative estimate of drug-likeness (QED) is 0.680. The van der Waals surface area contributed by atoms with Crippen molar-refractivity contribution in [1.29, 1.82) is 0 Å². The molecule has 0 aromatic carbocycles. The van der Waals surface area contributed by atoms with Gasteiger partial charge in [-0.15, -0.1) is 0 Å². The lowest BCUT2D eigenvalue weighted by atomic mass is 9.41. The number of carbonyl (C=O) groups is 1. The molecule has 4 aliphatic carbocycles. The molecule has 0 saturated heterocycles. The standard InChI is InChI=1S/C21H34O2/c1-20-10-4-5-18(22)19(20)17-8-6-14-13-15(23-3)7-9-16(14)21(17,2)12-11-20/h14-17,19H,4-13H2,1-3H3/t14-,15-,16-,17-,19+,20+,21+/m1/s1. The summed E-state index contributed by atoms with van der Waals surface area (Å²) in [6, 6.07) is 0. The Bertz CT molecular complexity index is 486. The average Bonchev–Trinajstić information content (AvgIpc) is 2.54. The summed E-state index contributed by atoms with van der Waals surface area (Å²) >= 11 is 0. The molecule has 130 valence electrons. The van der Waals surface area contributed by atoms with E-state index in [1.165, 1.54) is 51.4 Å². The largest absolute Gasteiger partial charge is 0.381 e. The minimum atomic E-state index is 0.316. The number of hydrogen-bond donors (Lipinski definition) is 0. The van der Waals surface area contributed by atoms with Gasteiger partial charge >= 0.3 is 0 Å². The maximum absolute atomic E-state index is 12.9. The Kier molecular flexibility index (Phi) is 3.91. The zero-order chi connectivity index (χ0) is 16.2. The first-order chi connectivity index (χ1) is 11.0. The van der Waals surface area contributed by atoms with Crippen molar-refractivity contribution in [3.8, 4) is 0 Å². The predicted molar refractivity (Wildman–Crippen MR) is 92.1 cm³/mol. The third-order valence-corrected chi connectivity index (χ3v) is 8.72. The number of ether oxygens (including phenoxy) is 1. The van der Waals surface area contributed by atoms with Gasteiger partial charge in [0, 0.05) is 19.4 Å². The first kappa shape index (κ1) is 16.1. The Morgan fingerprint density at radius 1 is 1.00 bits per heavy atom. The van der Waals surface area contributed by atoms with E-state index in [0.29, 0.717) is 34.6 Å². The van der Waals surface area contributed by atoms with Crippen molar-refractivity contribution in [2.24, 2.45) is 34.5 Å². The fraction of sp³-hybridized carbons (Fsp3) is 0.952. The van der Waals surface area contributed by atoms with Gasteiger partial charge in [-0.3, -0.25) is 4.79 Å². The van der Waals surface area contributed by atoms with E-state index < -0.39 is 0 Å². The monoisotopic (exact) mass is 318 g/mol. The Morgan fingerprint density at radius 3 is 2.57 bits per heavy atom. The van der Waals surface area contributed by atoms with Gasteiger partial charge in [-0.1, -0.05) is 13.8 Å². The van der Waals surface area contributed by atoms with Crippen LogP contribution in [0.3, 0.4) is 0 Å². The molecule has 0 aromatic heterocycles. The summed E-state index contributed by atoms with van der Waals surface area (Å²) in [6.45, 7) is 4.99. The molecule has 0 spiro atoms. The van der Waals surface area contributed by atoms with Crippen LogP contribution in [0.4, 0.5) is 0 Å². The van der Waals surface area contributed by atoms with Crippen LogP contribution in [0.2, 0.25) is 0 Å². The van der Waals surface area contributed by atoms with Crippen molar-refractivity contribution in [3.05, 3.63) is 0 Å². The normalized spacial score (nSPS) is 53.2. The molecule has 0 heterocycles. The van der Waals surface area contributed by atoms with Crippen molar-refractivity contribution < 1.29 is 9.53 Å². The lowest BCUT2D eigenvalue weighted by molar-refractivity contribution is -0.165. The minimum absolute atomic E-state index is 0.316. The van der Waals surface area contributed by atoms with Gasteiger partial charge in [0.25, 0.3) is 0 Å². The van der Waals surface area contributed by atoms with E-state index in [9.17, 15) is 4.79 Å². The zero-order valence-electron chi connectivity index (χ0n) is 15.3. The molecule has 4 rings (SSSR count). The van der Waals surface area contributed by atoms with E-state index >= 15 is 0 Å². The minimum Gasteiger partial charge on any atom is -0.381 e. The van der Waals surface area contributed by atoms with Crippen molar-refractivity contribution in [3.63, 3.8) is 0 Å². The molecule has 23 heavy (non-hydrogen) atoms. The molecule has 0 radical (unpaired) electrons. The number of methoxy groups -OCH3 is 1. The number of hydrogen-bond acceptors (Lipinski definition) is 2. The second kappa shape index (κ2) is 5.58. The van der Waals surface area contributed by atoms with Gasteiger partial charge in [-0.05, 0) is 86.4 Å². The van der Waals surface area contributed by atoms with Crippen molar-refractivity contribution in [2.45, 2.75) is 84.2 Å². The zero-order valence-corrected chi connectivity index (χ0v) is 15.3. The molecule has 0 aliphatic heterocycles. The van der Waals surface area contributed by atoms with E-state index in [1.54, 1.807) is 0 Å². The van der Waals surface area contributed by atoms with Crippen LogP contribution in [0.25, 0.3) is 0 Å². The number of ketones is 1. The summed E-state index contributed by atoms with van der Waals surface area (Å²) in [5.74, 6) is 3.33. The summed E-state index contributed by atoms with van der Waals surface area (Å²) in [4.78, 5) is 12.9. The van der Waals surface area contributed by atoms with Crippen LogP contribution >= 0.6 is 0 Å². The van der Waals surface area contributed by atoms with Crippen LogP contribution in [0.15, 0.2) is 0 Å². The van der Waals surface area contributed by atoms with Gasteiger partial charge in [0.15, 0.2) is 0 Å². The van der Waals surface area contributed by atoms with E-state index in [-0.39, 0.29) is 0 Å². The molecule has 2 heteroatoms. The van der Waals surface area contributed by atoms with Crippen LogP contribution in [0.5, 0.6) is 0 Å². The highest BCUT2D eigenvalue weighted by Crippen LogP contribution is 2.66. The molecular weight excluding hydrogens is 284 g/mol.